The first kappa shape index (κ1) is 13.9. The lowest BCUT2D eigenvalue weighted by molar-refractivity contribution is -0.135. The molecule has 0 saturated carbocycles. The Kier molecular flexibility index (Phi) is 3.83. The summed E-state index contributed by atoms with van der Waals surface area (Å²) in [5.41, 5.74) is 7.76. The standard InChI is InChI=1S/C16H24N2O/c1-12(13-6-4-7-14(17)10-13)15(19)18-9-5-8-16(2,3)11-18/h4,6-7,10,12H,5,8-9,11,17H2,1-3H3. The number of rotatable bonds is 2. The third kappa shape index (κ3) is 3.28. The summed E-state index contributed by atoms with van der Waals surface area (Å²) in [5, 5.41) is 0. The summed E-state index contributed by atoms with van der Waals surface area (Å²) in [7, 11) is 0. The Bertz CT molecular complexity index is 468. The van der Waals surface area contributed by atoms with E-state index in [2.05, 4.69) is 13.8 Å². The molecule has 1 aliphatic rings. The summed E-state index contributed by atoms with van der Waals surface area (Å²) in [6.45, 7) is 8.18. The fourth-order valence-electron chi connectivity index (χ4n) is 2.86. The van der Waals surface area contributed by atoms with E-state index in [1.54, 1.807) is 0 Å². The van der Waals surface area contributed by atoms with E-state index in [9.17, 15) is 4.79 Å². The van der Waals surface area contributed by atoms with Crippen molar-refractivity contribution in [1.82, 2.24) is 4.90 Å². The van der Waals surface area contributed by atoms with E-state index in [0.29, 0.717) is 0 Å². The van der Waals surface area contributed by atoms with Gasteiger partial charge >= 0.3 is 0 Å². The van der Waals surface area contributed by atoms with Gasteiger partial charge in [0.1, 0.15) is 0 Å². The van der Waals surface area contributed by atoms with Crippen molar-refractivity contribution in [3.8, 4) is 0 Å². The summed E-state index contributed by atoms with van der Waals surface area (Å²) in [6, 6.07) is 7.64. The molecule has 3 heteroatoms. The van der Waals surface area contributed by atoms with Crippen molar-refractivity contribution >= 4 is 11.6 Å². The number of anilines is 1. The van der Waals surface area contributed by atoms with Crippen molar-refractivity contribution in [2.45, 2.75) is 39.5 Å². The van der Waals surface area contributed by atoms with E-state index in [1.165, 1.54) is 6.42 Å². The zero-order valence-corrected chi connectivity index (χ0v) is 12.1. The van der Waals surface area contributed by atoms with Crippen LogP contribution in [0.15, 0.2) is 24.3 Å². The maximum Gasteiger partial charge on any atom is 0.229 e. The molecule has 1 saturated heterocycles. The molecule has 0 bridgehead atoms. The molecule has 0 spiro atoms. The van der Waals surface area contributed by atoms with Crippen LogP contribution < -0.4 is 5.73 Å². The molecule has 1 fully saturated rings. The molecule has 1 heterocycles. The van der Waals surface area contributed by atoms with Crippen LogP contribution in [0.2, 0.25) is 0 Å². The molecule has 2 rings (SSSR count). The molecular formula is C16H24N2O. The average Bonchev–Trinajstić information content (AvgIpc) is 2.36. The number of carbonyl (C=O) groups is 1. The summed E-state index contributed by atoms with van der Waals surface area (Å²) in [4.78, 5) is 14.6. The molecule has 0 aromatic heterocycles. The van der Waals surface area contributed by atoms with E-state index >= 15 is 0 Å². The van der Waals surface area contributed by atoms with Crippen molar-refractivity contribution in [2.24, 2.45) is 5.41 Å². The lowest BCUT2D eigenvalue weighted by Crippen LogP contribution is -2.45. The Morgan fingerprint density at radius 2 is 2.16 bits per heavy atom. The predicted molar refractivity (Wildman–Crippen MR) is 78.9 cm³/mol. The quantitative estimate of drug-likeness (QED) is 0.831. The second-order valence-electron chi connectivity index (χ2n) is 6.42. The van der Waals surface area contributed by atoms with Crippen LogP contribution in [0.3, 0.4) is 0 Å². The van der Waals surface area contributed by atoms with Gasteiger partial charge in [-0.05, 0) is 42.9 Å². The largest absolute Gasteiger partial charge is 0.399 e. The highest BCUT2D eigenvalue weighted by Crippen LogP contribution is 2.30. The smallest absolute Gasteiger partial charge is 0.229 e. The highest BCUT2D eigenvalue weighted by atomic mass is 16.2. The second kappa shape index (κ2) is 5.24. The molecule has 1 aliphatic heterocycles. The molecule has 0 aliphatic carbocycles. The van der Waals surface area contributed by atoms with E-state index in [4.69, 9.17) is 5.73 Å². The second-order valence-corrected chi connectivity index (χ2v) is 6.42. The number of hydrogen-bond donors (Lipinski definition) is 1. The Morgan fingerprint density at radius 1 is 1.42 bits per heavy atom. The minimum absolute atomic E-state index is 0.114. The van der Waals surface area contributed by atoms with Crippen LogP contribution >= 0.6 is 0 Å². The predicted octanol–water partition coefficient (Wildman–Crippen LogP) is 3.02. The molecule has 1 aromatic rings. The van der Waals surface area contributed by atoms with Gasteiger partial charge in [-0.25, -0.2) is 0 Å². The first-order valence-corrected chi connectivity index (χ1v) is 7.03. The Morgan fingerprint density at radius 3 is 2.79 bits per heavy atom. The zero-order chi connectivity index (χ0) is 14.0. The van der Waals surface area contributed by atoms with E-state index < -0.39 is 0 Å². The monoisotopic (exact) mass is 260 g/mol. The number of hydrogen-bond acceptors (Lipinski definition) is 2. The first-order chi connectivity index (χ1) is 8.89. The van der Waals surface area contributed by atoms with Crippen molar-refractivity contribution in [2.75, 3.05) is 18.8 Å². The molecule has 2 N–H and O–H groups in total. The lowest BCUT2D eigenvalue weighted by atomic mass is 9.83. The molecule has 1 amide bonds. The van der Waals surface area contributed by atoms with Gasteiger partial charge in [-0.15, -0.1) is 0 Å². The van der Waals surface area contributed by atoms with Gasteiger partial charge in [-0.3, -0.25) is 4.79 Å². The van der Waals surface area contributed by atoms with Gasteiger partial charge in [0, 0.05) is 18.8 Å². The molecular weight excluding hydrogens is 236 g/mol. The number of nitrogens with zero attached hydrogens (tertiary/aromatic N) is 1. The maximum absolute atomic E-state index is 12.6. The molecule has 0 radical (unpaired) electrons. The van der Waals surface area contributed by atoms with Crippen LogP contribution in [0.4, 0.5) is 5.69 Å². The topological polar surface area (TPSA) is 46.3 Å². The van der Waals surface area contributed by atoms with Gasteiger partial charge in [0.15, 0.2) is 0 Å². The van der Waals surface area contributed by atoms with Crippen LogP contribution in [-0.2, 0) is 4.79 Å². The third-order valence-corrected chi connectivity index (χ3v) is 3.99. The minimum Gasteiger partial charge on any atom is -0.399 e. The van der Waals surface area contributed by atoms with Gasteiger partial charge in [0.05, 0.1) is 5.92 Å². The summed E-state index contributed by atoms with van der Waals surface area (Å²) >= 11 is 0. The Hall–Kier alpha value is -1.51. The van der Waals surface area contributed by atoms with Crippen molar-refractivity contribution < 1.29 is 4.79 Å². The van der Waals surface area contributed by atoms with Crippen LogP contribution in [0, 0.1) is 5.41 Å². The van der Waals surface area contributed by atoms with Gasteiger partial charge < -0.3 is 10.6 Å². The SMILES string of the molecule is CC(C(=O)N1CCCC(C)(C)C1)c1cccc(N)c1. The average molecular weight is 260 g/mol. The molecule has 19 heavy (non-hydrogen) atoms. The highest BCUT2D eigenvalue weighted by Gasteiger charge is 2.31. The Labute approximate surface area is 115 Å². The molecule has 1 aromatic carbocycles. The van der Waals surface area contributed by atoms with Crippen LogP contribution in [-0.4, -0.2) is 23.9 Å². The highest BCUT2D eigenvalue weighted by molar-refractivity contribution is 5.83. The zero-order valence-electron chi connectivity index (χ0n) is 12.1. The van der Waals surface area contributed by atoms with Crippen molar-refractivity contribution in [1.29, 1.82) is 0 Å². The number of carbonyl (C=O) groups excluding carboxylic acids is 1. The number of benzene rings is 1. The van der Waals surface area contributed by atoms with Crippen molar-refractivity contribution in [3.05, 3.63) is 29.8 Å². The molecule has 1 atom stereocenters. The number of piperidine rings is 1. The van der Waals surface area contributed by atoms with Crippen molar-refractivity contribution in [3.63, 3.8) is 0 Å². The summed E-state index contributed by atoms with van der Waals surface area (Å²) in [5.74, 6) is 0.107. The molecule has 104 valence electrons. The molecule has 3 nitrogen and oxygen atoms in total. The third-order valence-electron chi connectivity index (χ3n) is 3.99. The van der Waals surface area contributed by atoms with Crippen LogP contribution in [0.5, 0.6) is 0 Å². The lowest BCUT2D eigenvalue weighted by Gasteiger charge is -2.39. The first-order valence-electron chi connectivity index (χ1n) is 7.03. The fraction of sp³-hybridized carbons (Fsp3) is 0.562. The Balaban J connectivity index is 2.11. The number of nitrogens with two attached hydrogens (primary N) is 1. The van der Waals surface area contributed by atoms with Crippen LogP contribution in [0.25, 0.3) is 0 Å². The summed E-state index contributed by atoms with van der Waals surface area (Å²) in [6.07, 6.45) is 2.30. The number of amides is 1. The number of likely N-dealkylation sites (tertiary alicyclic amines) is 1. The van der Waals surface area contributed by atoms with Gasteiger partial charge in [0.25, 0.3) is 0 Å². The molecule has 1 unspecified atom stereocenters. The normalized spacial score (nSPS) is 20.1. The van der Waals surface area contributed by atoms with Gasteiger partial charge in [-0.1, -0.05) is 26.0 Å². The maximum atomic E-state index is 12.6. The fourth-order valence-corrected chi connectivity index (χ4v) is 2.86. The van der Waals surface area contributed by atoms with E-state index in [1.807, 2.05) is 36.1 Å². The van der Waals surface area contributed by atoms with Gasteiger partial charge in [0.2, 0.25) is 5.91 Å². The van der Waals surface area contributed by atoms with E-state index in [0.717, 1.165) is 30.8 Å². The minimum atomic E-state index is -0.114. The number of nitrogen functional groups attached to an aromatic ring is 1. The van der Waals surface area contributed by atoms with Gasteiger partial charge in [-0.2, -0.15) is 0 Å². The van der Waals surface area contributed by atoms with E-state index in [-0.39, 0.29) is 17.2 Å². The van der Waals surface area contributed by atoms with Crippen LogP contribution in [0.1, 0.15) is 45.1 Å². The summed E-state index contributed by atoms with van der Waals surface area (Å²) < 4.78 is 0.